The van der Waals surface area contributed by atoms with Crippen LogP contribution >= 0.6 is 0 Å². The Morgan fingerprint density at radius 2 is 2.05 bits per heavy atom. The van der Waals surface area contributed by atoms with Gasteiger partial charge in [-0.15, -0.1) is 0 Å². The van der Waals surface area contributed by atoms with Crippen molar-refractivity contribution in [2.24, 2.45) is 0 Å². The number of nitrogens with zero attached hydrogens (tertiary/aromatic N) is 1. The molecule has 1 unspecified atom stereocenters. The van der Waals surface area contributed by atoms with Gasteiger partial charge in [0.25, 0.3) is 0 Å². The molecule has 1 atom stereocenters. The first-order valence-corrected chi connectivity index (χ1v) is 7.13. The van der Waals surface area contributed by atoms with Crippen molar-refractivity contribution in [3.8, 4) is 0 Å². The molecule has 0 radical (unpaired) electrons. The van der Waals surface area contributed by atoms with E-state index in [0.29, 0.717) is 0 Å². The molecule has 0 amide bonds. The molecular weight excluding hydrogens is 241 g/mol. The summed E-state index contributed by atoms with van der Waals surface area (Å²) in [5.41, 5.74) is 1.58. The standard InChI is InChI=1S/C13H18FN3.C2H6/c1-3-7-15-10(4-2)13-16-11-6-5-9(14)8-12(11)17-13;1-2/h5-6,8,10,15H,3-4,7H2,1-2H3,(H,16,17);1-2H3. The van der Waals surface area contributed by atoms with E-state index in [2.05, 4.69) is 29.1 Å². The third kappa shape index (κ3) is 4.03. The van der Waals surface area contributed by atoms with Gasteiger partial charge in [-0.05, 0) is 37.6 Å². The second kappa shape index (κ2) is 7.89. The minimum absolute atomic E-state index is 0.213. The van der Waals surface area contributed by atoms with Gasteiger partial charge in [-0.2, -0.15) is 0 Å². The van der Waals surface area contributed by atoms with Gasteiger partial charge < -0.3 is 10.3 Å². The van der Waals surface area contributed by atoms with Gasteiger partial charge in [-0.25, -0.2) is 9.37 Å². The summed E-state index contributed by atoms with van der Waals surface area (Å²) in [7, 11) is 0. The molecule has 2 aromatic rings. The van der Waals surface area contributed by atoms with Crippen molar-refractivity contribution in [2.45, 2.75) is 46.6 Å². The van der Waals surface area contributed by atoms with Gasteiger partial charge in [0.05, 0.1) is 17.1 Å². The lowest BCUT2D eigenvalue weighted by Gasteiger charge is -2.13. The second-order valence-corrected chi connectivity index (χ2v) is 4.20. The minimum Gasteiger partial charge on any atom is -0.341 e. The number of hydrogen-bond donors (Lipinski definition) is 2. The van der Waals surface area contributed by atoms with Gasteiger partial charge in [0.1, 0.15) is 11.6 Å². The molecule has 0 spiro atoms. The van der Waals surface area contributed by atoms with Crippen LogP contribution in [0.3, 0.4) is 0 Å². The number of H-pyrrole nitrogens is 1. The molecule has 1 heterocycles. The van der Waals surface area contributed by atoms with Crippen molar-refractivity contribution in [1.29, 1.82) is 0 Å². The second-order valence-electron chi connectivity index (χ2n) is 4.20. The zero-order valence-electron chi connectivity index (χ0n) is 12.3. The van der Waals surface area contributed by atoms with Crippen LogP contribution in [0.15, 0.2) is 18.2 Å². The SMILES string of the molecule is CC.CCCNC(CC)c1nc2ccc(F)cc2[nH]1. The Bertz CT molecular complexity index is 493. The normalized spacial score (nSPS) is 12.1. The molecule has 0 aliphatic carbocycles. The van der Waals surface area contributed by atoms with Crippen molar-refractivity contribution in [3.63, 3.8) is 0 Å². The highest BCUT2D eigenvalue weighted by molar-refractivity contribution is 5.75. The van der Waals surface area contributed by atoms with Crippen LogP contribution in [-0.4, -0.2) is 16.5 Å². The Labute approximate surface area is 114 Å². The van der Waals surface area contributed by atoms with Crippen LogP contribution in [0.2, 0.25) is 0 Å². The number of rotatable bonds is 5. The Balaban J connectivity index is 0.000000861. The zero-order valence-corrected chi connectivity index (χ0v) is 12.3. The molecule has 1 aromatic carbocycles. The molecule has 0 bridgehead atoms. The lowest BCUT2D eigenvalue weighted by molar-refractivity contribution is 0.499. The number of aromatic amines is 1. The number of aromatic nitrogens is 2. The maximum absolute atomic E-state index is 13.1. The van der Waals surface area contributed by atoms with E-state index in [1.165, 1.54) is 12.1 Å². The van der Waals surface area contributed by atoms with Crippen LogP contribution in [0.4, 0.5) is 4.39 Å². The molecule has 0 saturated carbocycles. The molecule has 0 aliphatic heterocycles. The number of benzene rings is 1. The topological polar surface area (TPSA) is 40.7 Å². The Morgan fingerprint density at radius 3 is 2.68 bits per heavy atom. The fraction of sp³-hybridized carbons (Fsp3) is 0.533. The summed E-state index contributed by atoms with van der Waals surface area (Å²) in [5.74, 6) is 0.656. The van der Waals surface area contributed by atoms with Gasteiger partial charge in [0, 0.05) is 0 Å². The monoisotopic (exact) mass is 265 g/mol. The molecular formula is C15H24FN3. The quantitative estimate of drug-likeness (QED) is 0.851. The summed E-state index contributed by atoms with van der Waals surface area (Å²) in [6, 6.07) is 4.84. The third-order valence-electron chi connectivity index (χ3n) is 2.84. The van der Waals surface area contributed by atoms with Crippen LogP contribution in [-0.2, 0) is 0 Å². The van der Waals surface area contributed by atoms with Crippen molar-refractivity contribution in [3.05, 3.63) is 29.8 Å². The van der Waals surface area contributed by atoms with Gasteiger partial charge in [-0.3, -0.25) is 0 Å². The first kappa shape index (κ1) is 15.6. The van der Waals surface area contributed by atoms with Gasteiger partial charge in [-0.1, -0.05) is 27.7 Å². The summed E-state index contributed by atoms with van der Waals surface area (Å²) < 4.78 is 13.1. The highest BCUT2D eigenvalue weighted by Crippen LogP contribution is 2.19. The molecule has 2 rings (SSSR count). The van der Waals surface area contributed by atoms with Crippen molar-refractivity contribution in [2.75, 3.05) is 6.54 Å². The number of fused-ring (bicyclic) bond motifs is 1. The first-order chi connectivity index (χ1) is 9.24. The van der Waals surface area contributed by atoms with E-state index in [0.717, 1.165) is 36.2 Å². The smallest absolute Gasteiger partial charge is 0.125 e. The number of imidazole rings is 1. The van der Waals surface area contributed by atoms with Gasteiger partial charge in [0.15, 0.2) is 0 Å². The summed E-state index contributed by atoms with van der Waals surface area (Å²) in [6.07, 6.45) is 2.05. The molecule has 0 saturated heterocycles. The van der Waals surface area contributed by atoms with Crippen molar-refractivity contribution < 1.29 is 4.39 Å². The Morgan fingerprint density at radius 1 is 1.32 bits per heavy atom. The predicted molar refractivity (Wildman–Crippen MR) is 78.7 cm³/mol. The molecule has 19 heavy (non-hydrogen) atoms. The third-order valence-corrected chi connectivity index (χ3v) is 2.84. The molecule has 3 nitrogen and oxygen atoms in total. The van der Waals surface area contributed by atoms with Crippen LogP contribution in [0.1, 0.15) is 52.4 Å². The van der Waals surface area contributed by atoms with E-state index in [9.17, 15) is 4.39 Å². The maximum Gasteiger partial charge on any atom is 0.125 e. The minimum atomic E-state index is -0.234. The molecule has 0 fully saturated rings. The van der Waals surface area contributed by atoms with E-state index in [4.69, 9.17) is 0 Å². The van der Waals surface area contributed by atoms with Crippen LogP contribution in [0.5, 0.6) is 0 Å². The summed E-state index contributed by atoms with van der Waals surface area (Å²) in [6.45, 7) is 9.21. The van der Waals surface area contributed by atoms with E-state index in [1.54, 1.807) is 6.07 Å². The number of halogens is 1. The van der Waals surface area contributed by atoms with Crippen LogP contribution < -0.4 is 5.32 Å². The molecule has 0 aliphatic rings. The van der Waals surface area contributed by atoms with Crippen LogP contribution in [0, 0.1) is 5.82 Å². The average Bonchev–Trinajstić information content (AvgIpc) is 2.84. The number of hydrogen-bond acceptors (Lipinski definition) is 2. The molecule has 2 N–H and O–H groups in total. The predicted octanol–water partition coefficient (Wildman–Crippen LogP) is 4.18. The fourth-order valence-electron chi connectivity index (χ4n) is 1.92. The Kier molecular flexibility index (Phi) is 6.50. The highest BCUT2D eigenvalue weighted by Gasteiger charge is 2.13. The van der Waals surface area contributed by atoms with Crippen molar-refractivity contribution >= 4 is 11.0 Å². The van der Waals surface area contributed by atoms with Crippen LogP contribution in [0.25, 0.3) is 11.0 Å². The molecule has 1 aromatic heterocycles. The summed E-state index contributed by atoms with van der Waals surface area (Å²) in [4.78, 5) is 7.68. The molecule has 106 valence electrons. The maximum atomic E-state index is 13.1. The lowest BCUT2D eigenvalue weighted by Crippen LogP contribution is -2.22. The Hall–Kier alpha value is -1.42. The van der Waals surface area contributed by atoms with Gasteiger partial charge >= 0.3 is 0 Å². The fourth-order valence-corrected chi connectivity index (χ4v) is 1.92. The van der Waals surface area contributed by atoms with E-state index >= 15 is 0 Å². The summed E-state index contributed by atoms with van der Waals surface area (Å²) >= 11 is 0. The van der Waals surface area contributed by atoms with Gasteiger partial charge in [0.2, 0.25) is 0 Å². The van der Waals surface area contributed by atoms with E-state index < -0.39 is 0 Å². The van der Waals surface area contributed by atoms with Crippen molar-refractivity contribution in [1.82, 2.24) is 15.3 Å². The zero-order chi connectivity index (χ0) is 14.3. The highest BCUT2D eigenvalue weighted by atomic mass is 19.1. The molecule has 4 heteroatoms. The largest absolute Gasteiger partial charge is 0.341 e. The summed E-state index contributed by atoms with van der Waals surface area (Å²) in [5, 5.41) is 3.42. The first-order valence-electron chi connectivity index (χ1n) is 7.13. The average molecular weight is 265 g/mol. The van der Waals surface area contributed by atoms with E-state index in [-0.39, 0.29) is 11.9 Å². The number of nitrogens with one attached hydrogen (secondary N) is 2. The van der Waals surface area contributed by atoms with E-state index in [1.807, 2.05) is 13.8 Å². The lowest BCUT2D eigenvalue weighted by atomic mass is 10.2.